The van der Waals surface area contributed by atoms with Crippen molar-refractivity contribution in [2.24, 2.45) is 11.1 Å². The van der Waals surface area contributed by atoms with Gasteiger partial charge in [0.2, 0.25) is 10.0 Å². The molecule has 1 aliphatic carbocycles. The summed E-state index contributed by atoms with van der Waals surface area (Å²) in [6, 6.07) is 3.59. The van der Waals surface area contributed by atoms with Crippen molar-refractivity contribution in [1.82, 2.24) is 4.72 Å². The van der Waals surface area contributed by atoms with Crippen molar-refractivity contribution in [1.29, 1.82) is 0 Å². The molecule has 0 radical (unpaired) electrons. The molecule has 0 amide bonds. The number of methoxy groups -OCH3 is 1. The van der Waals surface area contributed by atoms with Crippen LogP contribution in [0.4, 0.5) is 4.39 Å². The van der Waals surface area contributed by atoms with Crippen LogP contribution in [0.3, 0.4) is 0 Å². The molecule has 3 N–H and O–H groups in total. The number of nitrogens with two attached hydrogens (primary N) is 1. The maximum absolute atomic E-state index is 13.8. The Labute approximate surface area is 124 Å². The summed E-state index contributed by atoms with van der Waals surface area (Å²) in [7, 11) is -2.32. The van der Waals surface area contributed by atoms with Gasteiger partial charge in [-0.2, -0.15) is 0 Å². The molecule has 118 valence electrons. The molecule has 0 bridgehead atoms. The largest absolute Gasteiger partial charge is 0.381 e. The van der Waals surface area contributed by atoms with Crippen LogP contribution in [0.15, 0.2) is 23.1 Å². The molecule has 2 atom stereocenters. The van der Waals surface area contributed by atoms with Crippen molar-refractivity contribution in [3.05, 3.63) is 29.6 Å². The average Bonchev–Trinajstić information content (AvgIpc) is 2.43. The summed E-state index contributed by atoms with van der Waals surface area (Å²) < 4.78 is 46.4. The highest BCUT2D eigenvalue weighted by atomic mass is 32.2. The van der Waals surface area contributed by atoms with Gasteiger partial charge in [0.25, 0.3) is 0 Å². The van der Waals surface area contributed by atoms with Gasteiger partial charge in [-0.05, 0) is 24.1 Å². The summed E-state index contributed by atoms with van der Waals surface area (Å²) >= 11 is 0. The molecular weight excluding hydrogens is 295 g/mol. The molecule has 2 rings (SSSR count). The van der Waals surface area contributed by atoms with Gasteiger partial charge >= 0.3 is 0 Å². The quantitative estimate of drug-likeness (QED) is 0.860. The first kappa shape index (κ1) is 16.4. The van der Waals surface area contributed by atoms with Crippen molar-refractivity contribution in [3.8, 4) is 0 Å². The molecule has 2 unspecified atom stereocenters. The van der Waals surface area contributed by atoms with E-state index in [1.807, 2.05) is 13.8 Å². The molecule has 1 fully saturated rings. The first-order valence-corrected chi connectivity index (χ1v) is 8.24. The molecule has 1 saturated carbocycles. The zero-order valence-corrected chi connectivity index (χ0v) is 13.2. The molecule has 0 saturated heterocycles. The second-order valence-electron chi connectivity index (χ2n) is 5.92. The van der Waals surface area contributed by atoms with E-state index < -0.39 is 15.8 Å². The molecule has 1 aromatic rings. The normalized spacial score (nSPS) is 24.6. The van der Waals surface area contributed by atoms with Gasteiger partial charge < -0.3 is 10.5 Å². The summed E-state index contributed by atoms with van der Waals surface area (Å²) in [5, 5.41) is 0. The van der Waals surface area contributed by atoms with E-state index in [9.17, 15) is 12.8 Å². The minimum Gasteiger partial charge on any atom is -0.381 e. The Bertz CT molecular complexity index is 631. The minimum absolute atomic E-state index is 0.00887. The second-order valence-corrected chi connectivity index (χ2v) is 7.61. The van der Waals surface area contributed by atoms with E-state index in [1.54, 1.807) is 7.11 Å². The smallest absolute Gasteiger partial charge is 0.243 e. The molecule has 1 aliphatic rings. The van der Waals surface area contributed by atoms with E-state index in [1.165, 1.54) is 12.1 Å². The number of ether oxygens (including phenoxy) is 1. The van der Waals surface area contributed by atoms with E-state index in [4.69, 9.17) is 10.5 Å². The summed E-state index contributed by atoms with van der Waals surface area (Å²) in [4.78, 5) is -0.359. The maximum Gasteiger partial charge on any atom is 0.243 e. The Morgan fingerprint density at radius 3 is 2.67 bits per heavy atom. The molecular formula is C14H21FN2O3S. The van der Waals surface area contributed by atoms with Gasteiger partial charge in [0.15, 0.2) is 0 Å². The number of rotatable bonds is 5. The molecule has 0 aromatic heterocycles. The first-order valence-electron chi connectivity index (χ1n) is 6.76. The fraction of sp³-hybridized carbons (Fsp3) is 0.571. The molecule has 0 spiro atoms. The first-order chi connectivity index (χ1) is 9.72. The van der Waals surface area contributed by atoms with E-state index in [-0.39, 0.29) is 29.0 Å². The Kier molecular flexibility index (Phi) is 4.39. The lowest BCUT2D eigenvalue weighted by atomic mass is 9.65. The third-order valence-corrected chi connectivity index (χ3v) is 5.77. The molecule has 1 aromatic carbocycles. The van der Waals surface area contributed by atoms with Crippen LogP contribution in [-0.2, 0) is 21.3 Å². The third-order valence-electron chi connectivity index (χ3n) is 4.28. The van der Waals surface area contributed by atoms with E-state index in [0.717, 1.165) is 6.07 Å². The van der Waals surface area contributed by atoms with Gasteiger partial charge in [0, 0.05) is 25.1 Å². The summed E-state index contributed by atoms with van der Waals surface area (Å²) in [6.45, 7) is 4.00. The molecule has 0 heterocycles. The van der Waals surface area contributed by atoms with Gasteiger partial charge in [-0.25, -0.2) is 17.5 Å². The predicted molar refractivity (Wildman–Crippen MR) is 77.6 cm³/mol. The topological polar surface area (TPSA) is 81.4 Å². The number of hydrogen-bond acceptors (Lipinski definition) is 4. The number of halogens is 1. The summed E-state index contributed by atoms with van der Waals surface area (Å²) in [5.41, 5.74) is 5.72. The zero-order chi connectivity index (χ0) is 15.8. The predicted octanol–water partition coefficient (Wildman–Crippen LogP) is 1.38. The van der Waals surface area contributed by atoms with E-state index in [2.05, 4.69) is 4.72 Å². The fourth-order valence-electron chi connectivity index (χ4n) is 2.62. The highest BCUT2D eigenvalue weighted by molar-refractivity contribution is 7.89. The van der Waals surface area contributed by atoms with Crippen LogP contribution < -0.4 is 10.5 Å². The Balaban J connectivity index is 2.24. The SMILES string of the molecule is COC1CC(NS(=O)(=O)c2cc(CN)ccc2F)C1(C)C. The van der Waals surface area contributed by atoms with Gasteiger partial charge in [-0.3, -0.25) is 0 Å². The van der Waals surface area contributed by atoms with E-state index >= 15 is 0 Å². The number of sulfonamides is 1. The van der Waals surface area contributed by atoms with Crippen LogP contribution in [0.2, 0.25) is 0 Å². The van der Waals surface area contributed by atoms with Gasteiger partial charge in [0.1, 0.15) is 10.7 Å². The molecule has 7 heteroatoms. The van der Waals surface area contributed by atoms with Crippen LogP contribution >= 0.6 is 0 Å². The number of hydrogen-bond donors (Lipinski definition) is 2. The summed E-state index contributed by atoms with van der Waals surface area (Å²) in [6.07, 6.45) is 0.561. The van der Waals surface area contributed by atoms with Crippen molar-refractivity contribution in [3.63, 3.8) is 0 Å². The lowest BCUT2D eigenvalue weighted by Gasteiger charge is -2.50. The van der Waals surface area contributed by atoms with Crippen LogP contribution in [0.5, 0.6) is 0 Å². The average molecular weight is 316 g/mol. The van der Waals surface area contributed by atoms with Crippen molar-refractivity contribution in [2.75, 3.05) is 7.11 Å². The number of nitrogens with one attached hydrogen (secondary N) is 1. The van der Waals surface area contributed by atoms with Crippen molar-refractivity contribution in [2.45, 2.75) is 43.9 Å². The van der Waals surface area contributed by atoms with Crippen LogP contribution in [0.25, 0.3) is 0 Å². The standard InChI is InChI=1S/C14H21FN2O3S/c1-14(2)12(7-13(14)20-3)17-21(18,19)11-6-9(8-16)4-5-10(11)15/h4-6,12-13,17H,7-8,16H2,1-3H3. The van der Waals surface area contributed by atoms with Crippen LogP contribution in [0.1, 0.15) is 25.8 Å². The maximum atomic E-state index is 13.8. The highest BCUT2D eigenvalue weighted by Gasteiger charge is 2.50. The van der Waals surface area contributed by atoms with Gasteiger partial charge in [-0.1, -0.05) is 19.9 Å². The monoisotopic (exact) mass is 316 g/mol. The molecule has 0 aliphatic heterocycles. The lowest BCUT2D eigenvalue weighted by Crippen LogP contribution is -2.61. The molecule has 5 nitrogen and oxygen atoms in total. The Morgan fingerprint density at radius 2 is 2.14 bits per heavy atom. The Morgan fingerprint density at radius 1 is 1.48 bits per heavy atom. The van der Waals surface area contributed by atoms with Crippen LogP contribution in [-0.4, -0.2) is 27.7 Å². The second kappa shape index (κ2) is 5.64. The van der Waals surface area contributed by atoms with Crippen LogP contribution in [0, 0.1) is 11.2 Å². The number of benzene rings is 1. The molecule has 21 heavy (non-hydrogen) atoms. The van der Waals surface area contributed by atoms with Gasteiger partial charge in [0.05, 0.1) is 6.10 Å². The van der Waals surface area contributed by atoms with Crippen molar-refractivity contribution >= 4 is 10.0 Å². The Hall–Kier alpha value is -1.02. The zero-order valence-electron chi connectivity index (χ0n) is 12.4. The van der Waals surface area contributed by atoms with Gasteiger partial charge in [-0.15, -0.1) is 0 Å². The van der Waals surface area contributed by atoms with E-state index in [0.29, 0.717) is 12.0 Å². The lowest BCUT2D eigenvalue weighted by molar-refractivity contribution is -0.0908. The van der Waals surface area contributed by atoms with Crippen molar-refractivity contribution < 1.29 is 17.5 Å². The third kappa shape index (κ3) is 2.96. The summed E-state index contributed by atoms with van der Waals surface area (Å²) in [5.74, 6) is -0.778. The minimum atomic E-state index is -3.92. The fourth-order valence-corrected chi connectivity index (χ4v) is 4.15. The highest BCUT2D eigenvalue weighted by Crippen LogP contribution is 2.43.